The first-order valence-corrected chi connectivity index (χ1v) is 11.3. The number of fused-ring (bicyclic) bond motifs is 1. The van der Waals surface area contributed by atoms with Gasteiger partial charge < -0.3 is 9.30 Å². The topological polar surface area (TPSA) is 58.3 Å². The van der Waals surface area contributed by atoms with Crippen molar-refractivity contribution >= 4 is 27.6 Å². The number of methoxy groups -OCH3 is 1. The fourth-order valence-corrected chi connectivity index (χ4v) is 5.48. The van der Waals surface area contributed by atoms with Gasteiger partial charge in [-0.2, -0.15) is 5.26 Å². The van der Waals surface area contributed by atoms with E-state index in [1.165, 1.54) is 12.8 Å². The van der Waals surface area contributed by atoms with Gasteiger partial charge in [0.15, 0.2) is 0 Å². The van der Waals surface area contributed by atoms with Gasteiger partial charge in [0.05, 0.1) is 23.9 Å². The summed E-state index contributed by atoms with van der Waals surface area (Å²) in [5.74, 6) is 2.21. The highest BCUT2D eigenvalue weighted by atomic mass is 32.2. The summed E-state index contributed by atoms with van der Waals surface area (Å²) in [5, 5.41) is 11.0. The van der Waals surface area contributed by atoms with Gasteiger partial charge in [-0.15, -0.1) is 0 Å². The number of anilines is 1. The van der Waals surface area contributed by atoms with Crippen molar-refractivity contribution in [1.29, 1.82) is 5.26 Å². The molecule has 0 N–H and O–H groups in total. The number of nitriles is 1. The standard InChI is InChI=1S/C23H23N3O2S/c1-28-19-9-10-20-21(14-24)23(25(22(20)13-19)15-16-3-4-16)17-5-7-18(8-6-17)26-11-2-12-29(26)27/h5-10,13,16H,2-4,11-12,15H2,1H3. The second-order valence-corrected chi connectivity index (χ2v) is 9.29. The van der Waals surface area contributed by atoms with Crippen molar-refractivity contribution in [2.45, 2.75) is 25.8 Å². The van der Waals surface area contributed by atoms with Crippen LogP contribution in [0.2, 0.25) is 0 Å². The Morgan fingerprint density at radius 3 is 2.62 bits per heavy atom. The van der Waals surface area contributed by atoms with Crippen LogP contribution in [0.5, 0.6) is 5.75 Å². The van der Waals surface area contributed by atoms with Crippen LogP contribution in [0.25, 0.3) is 22.2 Å². The zero-order valence-electron chi connectivity index (χ0n) is 16.4. The van der Waals surface area contributed by atoms with E-state index in [-0.39, 0.29) is 0 Å². The molecule has 0 spiro atoms. The first kappa shape index (κ1) is 18.3. The number of hydrogen-bond acceptors (Lipinski definition) is 3. The van der Waals surface area contributed by atoms with Crippen molar-refractivity contribution in [2.24, 2.45) is 5.92 Å². The summed E-state index contributed by atoms with van der Waals surface area (Å²) in [7, 11) is 0.742. The largest absolute Gasteiger partial charge is 0.497 e. The van der Waals surface area contributed by atoms with Gasteiger partial charge in [0.25, 0.3) is 0 Å². The maximum Gasteiger partial charge on any atom is 0.120 e. The Kier molecular flexibility index (Phi) is 4.56. The van der Waals surface area contributed by atoms with E-state index in [9.17, 15) is 9.47 Å². The maximum absolute atomic E-state index is 12.2. The quantitative estimate of drug-likeness (QED) is 0.629. The van der Waals surface area contributed by atoms with E-state index < -0.39 is 11.0 Å². The molecule has 1 unspecified atom stereocenters. The van der Waals surface area contributed by atoms with Crippen LogP contribution in [-0.4, -0.2) is 28.2 Å². The molecule has 1 saturated carbocycles. The van der Waals surface area contributed by atoms with Gasteiger partial charge in [-0.3, -0.25) is 4.31 Å². The highest BCUT2D eigenvalue weighted by Crippen LogP contribution is 2.40. The Morgan fingerprint density at radius 2 is 2.00 bits per heavy atom. The molecule has 29 heavy (non-hydrogen) atoms. The Morgan fingerprint density at radius 1 is 1.21 bits per heavy atom. The summed E-state index contributed by atoms with van der Waals surface area (Å²) < 4.78 is 21.9. The number of aromatic nitrogens is 1. The average Bonchev–Trinajstić information content (AvgIpc) is 3.39. The zero-order chi connectivity index (χ0) is 20.0. The summed E-state index contributed by atoms with van der Waals surface area (Å²) in [6.07, 6.45) is 3.44. The van der Waals surface area contributed by atoms with Crippen LogP contribution in [0.4, 0.5) is 5.69 Å². The second-order valence-electron chi connectivity index (χ2n) is 7.80. The lowest BCUT2D eigenvalue weighted by Gasteiger charge is -2.17. The molecule has 2 fully saturated rings. The van der Waals surface area contributed by atoms with Gasteiger partial charge in [0.1, 0.15) is 22.8 Å². The SMILES string of the molecule is COc1ccc2c(C#N)c(-c3ccc(N4CCCS4=O)cc3)n(CC3CC3)c2c1. The third kappa shape index (κ3) is 3.20. The predicted molar refractivity (Wildman–Crippen MR) is 116 cm³/mol. The molecule has 0 amide bonds. The van der Waals surface area contributed by atoms with Gasteiger partial charge in [-0.25, -0.2) is 4.21 Å². The molecular weight excluding hydrogens is 382 g/mol. The third-order valence-electron chi connectivity index (χ3n) is 5.88. The van der Waals surface area contributed by atoms with E-state index >= 15 is 0 Å². The third-order valence-corrected chi connectivity index (χ3v) is 7.40. The van der Waals surface area contributed by atoms with E-state index in [1.54, 1.807) is 7.11 Å². The number of ether oxygens (including phenoxy) is 1. The summed E-state index contributed by atoms with van der Waals surface area (Å²) >= 11 is 0. The fraction of sp³-hybridized carbons (Fsp3) is 0.348. The molecule has 2 aromatic carbocycles. The normalized spacial score (nSPS) is 18.9. The average molecular weight is 406 g/mol. The number of benzene rings is 2. The minimum absolute atomic E-state index is 0.674. The van der Waals surface area contributed by atoms with Crippen molar-refractivity contribution in [2.75, 3.05) is 23.7 Å². The molecule has 2 heterocycles. The fourth-order valence-electron chi connectivity index (χ4n) is 4.19. The van der Waals surface area contributed by atoms with Gasteiger partial charge in [-0.1, -0.05) is 12.1 Å². The van der Waals surface area contributed by atoms with Crippen molar-refractivity contribution in [3.8, 4) is 23.1 Å². The van der Waals surface area contributed by atoms with Crippen LogP contribution in [0.1, 0.15) is 24.8 Å². The van der Waals surface area contributed by atoms with Crippen LogP contribution < -0.4 is 9.04 Å². The molecule has 1 aromatic heterocycles. The molecule has 5 rings (SSSR count). The Bertz CT molecular complexity index is 1140. The lowest BCUT2D eigenvalue weighted by molar-refractivity contribution is 0.415. The first-order valence-electron chi connectivity index (χ1n) is 10.1. The molecule has 148 valence electrons. The molecule has 0 radical (unpaired) electrons. The molecule has 1 aliphatic heterocycles. The zero-order valence-corrected chi connectivity index (χ0v) is 17.2. The molecule has 2 aliphatic rings. The number of rotatable bonds is 5. The molecule has 1 saturated heterocycles. The van der Waals surface area contributed by atoms with E-state index in [4.69, 9.17) is 4.74 Å². The highest BCUT2D eigenvalue weighted by Gasteiger charge is 2.27. The number of hydrogen-bond donors (Lipinski definition) is 0. The number of nitrogens with zero attached hydrogens (tertiary/aromatic N) is 3. The Hall–Kier alpha value is -2.78. The molecule has 6 heteroatoms. The van der Waals surface area contributed by atoms with Crippen LogP contribution >= 0.6 is 0 Å². The van der Waals surface area contributed by atoms with Crippen molar-refractivity contribution < 1.29 is 8.95 Å². The molecule has 1 atom stereocenters. The Labute approximate surface area is 173 Å². The van der Waals surface area contributed by atoms with Crippen LogP contribution in [0.3, 0.4) is 0 Å². The molecule has 0 bridgehead atoms. The smallest absolute Gasteiger partial charge is 0.120 e. The van der Waals surface area contributed by atoms with Gasteiger partial charge in [-0.05, 0) is 55.0 Å². The van der Waals surface area contributed by atoms with Crippen LogP contribution in [0, 0.1) is 17.2 Å². The maximum atomic E-state index is 12.2. The lowest BCUT2D eigenvalue weighted by atomic mass is 10.1. The van der Waals surface area contributed by atoms with Gasteiger partial charge in [0, 0.05) is 36.0 Å². The predicted octanol–water partition coefficient (Wildman–Crippen LogP) is 4.47. The summed E-state index contributed by atoms with van der Waals surface area (Å²) in [6, 6.07) is 16.5. The van der Waals surface area contributed by atoms with Crippen LogP contribution in [0.15, 0.2) is 42.5 Å². The monoisotopic (exact) mass is 405 g/mol. The lowest BCUT2D eigenvalue weighted by Crippen LogP contribution is -2.19. The molecular formula is C23H23N3O2S. The highest BCUT2D eigenvalue weighted by molar-refractivity contribution is 7.86. The van der Waals surface area contributed by atoms with Crippen molar-refractivity contribution in [3.05, 3.63) is 48.0 Å². The van der Waals surface area contributed by atoms with Gasteiger partial charge >= 0.3 is 0 Å². The van der Waals surface area contributed by atoms with Gasteiger partial charge in [0.2, 0.25) is 0 Å². The first-order chi connectivity index (χ1) is 14.2. The molecule has 3 aromatic rings. The molecule has 5 nitrogen and oxygen atoms in total. The van der Waals surface area contributed by atoms with E-state index in [2.05, 4.69) is 22.8 Å². The van der Waals surface area contributed by atoms with Crippen molar-refractivity contribution in [1.82, 2.24) is 4.57 Å². The van der Waals surface area contributed by atoms with E-state index in [1.807, 2.05) is 34.6 Å². The van der Waals surface area contributed by atoms with Crippen LogP contribution in [-0.2, 0) is 17.5 Å². The minimum atomic E-state index is -0.927. The minimum Gasteiger partial charge on any atom is -0.497 e. The van der Waals surface area contributed by atoms with E-state index in [0.29, 0.717) is 11.5 Å². The summed E-state index contributed by atoms with van der Waals surface area (Å²) in [6.45, 7) is 1.75. The van der Waals surface area contributed by atoms with Crippen molar-refractivity contribution in [3.63, 3.8) is 0 Å². The van der Waals surface area contributed by atoms with E-state index in [0.717, 1.165) is 58.9 Å². The second kappa shape index (κ2) is 7.23. The summed E-state index contributed by atoms with van der Waals surface area (Å²) in [5.41, 5.74) is 4.73. The summed E-state index contributed by atoms with van der Waals surface area (Å²) in [4.78, 5) is 0. The Balaban J connectivity index is 1.65. The molecule has 1 aliphatic carbocycles.